The topological polar surface area (TPSA) is 59.3 Å². The number of aryl methyl sites for hydroxylation is 1. The molecule has 0 unspecified atom stereocenters. The van der Waals surface area contributed by atoms with Crippen molar-refractivity contribution in [1.29, 1.82) is 0 Å². The molecule has 0 saturated carbocycles. The van der Waals surface area contributed by atoms with E-state index in [1.165, 1.54) is 17.4 Å². The van der Waals surface area contributed by atoms with Gasteiger partial charge in [-0.3, -0.25) is 4.79 Å². The zero-order valence-electron chi connectivity index (χ0n) is 12.2. The Morgan fingerprint density at radius 2 is 1.96 bits per heavy atom. The predicted molar refractivity (Wildman–Crippen MR) is 90.1 cm³/mol. The molecule has 5 heteroatoms. The molecule has 0 amide bonds. The summed E-state index contributed by atoms with van der Waals surface area (Å²) in [6, 6.07) is 12.7. The number of aromatic nitrogens is 1. The van der Waals surface area contributed by atoms with Gasteiger partial charge < -0.3 is 9.67 Å². The highest BCUT2D eigenvalue weighted by Crippen LogP contribution is 2.36. The van der Waals surface area contributed by atoms with Gasteiger partial charge in [0.15, 0.2) is 0 Å². The molecule has 23 heavy (non-hydrogen) atoms. The minimum absolute atomic E-state index is 0.129. The third-order valence-electron chi connectivity index (χ3n) is 4.17. The quantitative estimate of drug-likeness (QED) is 0.785. The summed E-state index contributed by atoms with van der Waals surface area (Å²) < 4.78 is 1.62. The maximum Gasteiger partial charge on any atom is 0.337 e. The highest BCUT2D eigenvalue weighted by molar-refractivity contribution is 7.13. The lowest BCUT2D eigenvalue weighted by Crippen LogP contribution is -2.29. The summed E-state index contributed by atoms with van der Waals surface area (Å²) in [7, 11) is 0. The molecule has 1 aromatic carbocycles. The van der Waals surface area contributed by atoms with Gasteiger partial charge in [-0.25, -0.2) is 4.79 Å². The Labute approximate surface area is 136 Å². The number of benzene rings is 1. The van der Waals surface area contributed by atoms with Crippen LogP contribution in [0.5, 0.6) is 0 Å². The Morgan fingerprint density at radius 3 is 2.70 bits per heavy atom. The van der Waals surface area contributed by atoms with Crippen molar-refractivity contribution >= 4 is 17.3 Å². The molecule has 0 aliphatic carbocycles. The van der Waals surface area contributed by atoms with Crippen LogP contribution in [0.2, 0.25) is 0 Å². The highest BCUT2D eigenvalue weighted by atomic mass is 32.1. The second-order valence-electron chi connectivity index (χ2n) is 5.47. The van der Waals surface area contributed by atoms with Crippen molar-refractivity contribution in [3.63, 3.8) is 0 Å². The Kier molecular flexibility index (Phi) is 3.16. The number of pyridine rings is 1. The molecular weight excluding hydrogens is 310 g/mol. The Balaban J connectivity index is 2.07. The molecule has 1 aliphatic heterocycles. The zero-order valence-corrected chi connectivity index (χ0v) is 13.0. The largest absolute Gasteiger partial charge is 0.478 e. The predicted octanol–water partition coefficient (Wildman–Crippen LogP) is 3.50. The molecule has 3 heterocycles. The zero-order chi connectivity index (χ0) is 16.0. The van der Waals surface area contributed by atoms with E-state index in [0.29, 0.717) is 17.8 Å². The normalized spacial score (nSPS) is 12.5. The second kappa shape index (κ2) is 5.21. The van der Waals surface area contributed by atoms with Crippen molar-refractivity contribution in [2.75, 3.05) is 0 Å². The van der Waals surface area contributed by atoms with E-state index in [1.807, 2.05) is 41.8 Å². The van der Waals surface area contributed by atoms with Crippen molar-refractivity contribution in [2.45, 2.75) is 13.0 Å². The molecule has 0 bridgehead atoms. The minimum atomic E-state index is -1.01. The smallest absolute Gasteiger partial charge is 0.337 e. The van der Waals surface area contributed by atoms with Crippen LogP contribution in [0.3, 0.4) is 0 Å². The van der Waals surface area contributed by atoms with Crippen LogP contribution in [0.15, 0.2) is 52.6 Å². The first-order valence-corrected chi connectivity index (χ1v) is 8.18. The van der Waals surface area contributed by atoms with Crippen LogP contribution in [-0.2, 0) is 13.0 Å². The van der Waals surface area contributed by atoms with E-state index in [4.69, 9.17) is 0 Å². The molecular formula is C18H13NO3S. The maximum absolute atomic E-state index is 12.9. The third kappa shape index (κ3) is 2.12. The van der Waals surface area contributed by atoms with Gasteiger partial charge in [0.2, 0.25) is 0 Å². The minimum Gasteiger partial charge on any atom is -0.478 e. The van der Waals surface area contributed by atoms with Crippen molar-refractivity contribution in [2.24, 2.45) is 0 Å². The van der Waals surface area contributed by atoms with E-state index in [9.17, 15) is 14.7 Å². The van der Waals surface area contributed by atoms with Crippen LogP contribution < -0.4 is 5.56 Å². The van der Waals surface area contributed by atoms with Gasteiger partial charge in [-0.05, 0) is 35.1 Å². The molecule has 1 aliphatic rings. The summed E-state index contributed by atoms with van der Waals surface area (Å²) in [5.74, 6) is -1.01. The monoisotopic (exact) mass is 323 g/mol. The van der Waals surface area contributed by atoms with Gasteiger partial charge in [-0.2, -0.15) is 0 Å². The lowest BCUT2D eigenvalue weighted by molar-refractivity contribution is 0.0697. The van der Waals surface area contributed by atoms with Crippen LogP contribution in [0.1, 0.15) is 15.9 Å². The summed E-state index contributed by atoms with van der Waals surface area (Å²) in [4.78, 5) is 25.6. The first kappa shape index (κ1) is 14.0. The summed E-state index contributed by atoms with van der Waals surface area (Å²) in [5.41, 5.74) is 2.89. The number of nitrogens with zero attached hydrogens (tertiary/aromatic N) is 1. The standard InChI is InChI=1S/C18H13NO3S/c20-17-13(11-4-2-1-3-5-11)10-14(18(21)22)15-16-12(7-9-23-16)6-8-19(15)17/h1-5,7,9-10H,6,8H2,(H,21,22). The number of thiophene rings is 1. The lowest BCUT2D eigenvalue weighted by atomic mass is 9.98. The number of carbonyl (C=O) groups is 1. The Hall–Kier alpha value is -2.66. The number of fused-ring (bicyclic) bond motifs is 3. The lowest BCUT2D eigenvalue weighted by Gasteiger charge is -2.21. The molecule has 4 rings (SSSR count). The number of hydrogen-bond donors (Lipinski definition) is 1. The molecule has 2 aromatic heterocycles. The van der Waals surface area contributed by atoms with Crippen LogP contribution in [-0.4, -0.2) is 15.6 Å². The molecule has 4 nitrogen and oxygen atoms in total. The van der Waals surface area contributed by atoms with Crippen molar-refractivity contribution in [1.82, 2.24) is 4.57 Å². The molecule has 114 valence electrons. The van der Waals surface area contributed by atoms with Crippen molar-refractivity contribution < 1.29 is 9.90 Å². The van der Waals surface area contributed by atoms with E-state index >= 15 is 0 Å². The number of carboxylic acid groups (broad SMARTS) is 1. The average molecular weight is 323 g/mol. The van der Waals surface area contributed by atoms with Crippen molar-refractivity contribution in [3.05, 3.63) is 69.3 Å². The number of rotatable bonds is 2. The van der Waals surface area contributed by atoms with Crippen LogP contribution in [0.25, 0.3) is 21.7 Å². The van der Waals surface area contributed by atoms with E-state index in [1.54, 1.807) is 4.57 Å². The number of carboxylic acids is 1. The van der Waals surface area contributed by atoms with Gasteiger partial charge in [0.1, 0.15) is 0 Å². The molecule has 0 radical (unpaired) electrons. The summed E-state index contributed by atoms with van der Waals surface area (Å²) in [6.07, 6.45) is 0.753. The molecule has 0 spiro atoms. The van der Waals surface area contributed by atoms with Crippen molar-refractivity contribution in [3.8, 4) is 21.7 Å². The van der Waals surface area contributed by atoms with Gasteiger partial charge in [0, 0.05) is 12.1 Å². The Morgan fingerprint density at radius 1 is 1.17 bits per heavy atom. The molecule has 0 atom stereocenters. The fourth-order valence-electron chi connectivity index (χ4n) is 3.09. The van der Waals surface area contributed by atoms with Gasteiger partial charge in [-0.15, -0.1) is 11.3 Å². The summed E-state index contributed by atoms with van der Waals surface area (Å²) in [6.45, 7) is 0.513. The first-order chi connectivity index (χ1) is 11.2. The van der Waals surface area contributed by atoms with E-state index < -0.39 is 5.97 Å². The van der Waals surface area contributed by atoms with Gasteiger partial charge in [0.25, 0.3) is 5.56 Å². The fourth-order valence-corrected chi connectivity index (χ4v) is 4.11. The van der Waals surface area contributed by atoms with Crippen LogP contribution in [0.4, 0.5) is 0 Å². The Bertz CT molecular complexity index is 970. The van der Waals surface area contributed by atoms with Gasteiger partial charge in [0.05, 0.1) is 16.1 Å². The fraction of sp³-hybridized carbons (Fsp3) is 0.111. The number of hydrogen-bond acceptors (Lipinski definition) is 3. The van der Waals surface area contributed by atoms with E-state index in [-0.39, 0.29) is 11.1 Å². The van der Waals surface area contributed by atoms with Crippen LogP contribution in [0, 0.1) is 0 Å². The third-order valence-corrected chi connectivity index (χ3v) is 5.13. The summed E-state index contributed by atoms with van der Waals surface area (Å²) >= 11 is 1.49. The summed E-state index contributed by atoms with van der Waals surface area (Å²) in [5, 5.41) is 11.6. The highest BCUT2D eigenvalue weighted by Gasteiger charge is 2.26. The second-order valence-corrected chi connectivity index (χ2v) is 6.39. The molecule has 0 saturated heterocycles. The SMILES string of the molecule is O=C(O)c1cc(-c2ccccc2)c(=O)n2c1-c1sccc1CC2. The van der Waals surface area contributed by atoms with Gasteiger partial charge >= 0.3 is 5.97 Å². The number of aromatic carboxylic acids is 1. The van der Waals surface area contributed by atoms with E-state index in [0.717, 1.165) is 22.4 Å². The van der Waals surface area contributed by atoms with E-state index in [2.05, 4.69) is 0 Å². The maximum atomic E-state index is 12.9. The molecule has 1 N–H and O–H groups in total. The molecule has 0 fully saturated rings. The van der Waals surface area contributed by atoms with Crippen LogP contribution >= 0.6 is 11.3 Å². The van der Waals surface area contributed by atoms with Gasteiger partial charge in [-0.1, -0.05) is 30.3 Å². The molecule has 3 aromatic rings. The first-order valence-electron chi connectivity index (χ1n) is 7.30. The average Bonchev–Trinajstić information content (AvgIpc) is 3.04.